The molecule has 0 amide bonds. The second-order valence-electron chi connectivity index (χ2n) is 9.21. The standard InChI is InChI=1S/C29H13F9N2O2/c30-27(31,32)19-9-10-20(28(33,34)35)25(23(19)29(36,37)38)42-26-18-12-15-6-2-1-5-14(15)11-17(18)24(39-40-26)22-13-16-7-3-4-8-21(16)41-22/h1-13H. The van der Waals surface area contributed by atoms with E-state index in [9.17, 15) is 39.5 Å². The Morgan fingerprint density at radius 2 is 1.14 bits per heavy atom. The van der Waals surface area contributed by atoms with Crippen LogP contribution in [-0.4, -0.2) is 10.2 Å². The van der Waals surface area contributed by atoms with Crippen LogP contribution < -0.4 is 4.74 Å². The predicted octanol–water partition coefficient (Wildman–Crippen LogP) is 10.0. The Bertz CT molecular complexity index is 1960. The van der Waals surface area contributed by atoms with Gasteiger partial charge in [-0.3, -0.25) is 0 Å². The molecule has 4 aromatic carbocycles. The van der Waals surface area contributed by atoms with Crippen LogP contribution in [0.3, 0.4) is 0 Å². The first-order valence-electron chi connectivity index (χ1n) is 12.0. The molecule has 0 atom stereocenters. The monoisotopic (exact) mass is 592 g/mol. The SMILES string of the molecule is FC(F)(F)c1ccc(C(F)(F)F)c(C(F)(F)F)c1Oc1nnc(-c2cc3ccccc3o2)c2cc3ccccc3cc12. The van der Waals surface area contributed by atoms with E-state index >= 15 is 0 Å². The summed E-state index contributed by atoms with van der Waals surface area (Å²) >= 11 is 0. The Morgan fingerprint density at radius 3 is 1.74 bits per heavy atom. The average Bonchev–Trinajstić information content (AvgIpc) is 3.34. The van der Waals surface area contributed by atoms with Crippen molar-refractivity contribution >= 4 is 32.5 Å². The lowest BCUT2D eigenvalue weighted by Gasteiger charge is -2.22. The molecule has 4 nitrogen and oxygen atoms in total. The van der Waals surface area contributed by atoms with Gasteiger partial charge in [0.2, 0.25) is 5.88 Å². The molecule has 2 aromatic heterocycles. The zero-order chi connectivity index (χ0) is 30.0. The number of ether oxygens (including phenoxy) is 1. The van der Waals surface area contributed by atoms with Crippen LogP contribution in [0.15, 0.2) is 83.3 Å². The number of alkyl halides is 9. The number of fused-ring (bicyclic) bond motifs is 3. The van der Waals surface area contributed by atoms with Gasteiger partial charge in [0.25, 0.3) is 0 Å². The number of furan rings is 1. The summed E-state index contributed by atoms with van der Waals surface area (Å²) in [5, 5.41) is 9.56. The van der Waals surface area contributed by atoms with Crippen molar-refractivity contribution in [1.29, 1.82) is 0 Å². The molecule has 6 rings (SSSR count). The summed E-state index contributed by atoms with van der Waals surface area (Å²) in [7, 11) is 0. The van der Waals surface area contributed by atoms with Gasteiger partial charge in [-0.1, -0.05) is 42.5 Å². The number of para-hydroxylation sites is 1. The maximum atomic E-state index is 14.0. The number of benzene rings is 4. The summed E-state index contributed by atoms with van der Waals surface area (Å²) in [6.07, 6.45) is -17.0. The van der Waals surface area contributed by atoms with E-state index in [1.54, 1.807) is 60.7 Å². The highest BCUT2D eigenvalue weighted by Crippen LogP contribution is 2.51. The summed E-state index contributed by atoms with van der Waals surface area (Å²) in [6, 6.07) is 17.7. The van der Waals surface area contributed by atoms with Crippen LogP contribution >= 0.6 is 0 Å². The molecule has 0 aliphatic carbocycles. The fourth-order valence-corrected chi connectivity index (χ4v) is 4.70. The molecule has 2 heterocycles. The molecular weight excluding hydrogens is 579 g/mol. The Morgan fingerprint density at radius 1 is 0.571 bits per heavy atom. The smallest absolute Gasteiger partial charge is 0.420 e. The van der Waals surface area contributed by atoms with Crippen LogP contribution in [0.4, 0.5) is 39.5 Å². The number of hydrogen-bond donors (Lipinski definition) is 0. The second-order valence-corrected chi connectivity index (χ2v) is 9.21. The van der Waals surface area contributed by atoms with Crippen molar-refractivity contribution in [2.24, 2.45) is 0 Å². The van der Waals surface area contributed by atoms with E-state index in [4.69, 9.17) is 9.15 Å². The van der Waals surface area contributed by atoms with Crippen LogP contribution in [0.2, 0.25) is 0 Å². The third-order valence-electron chi connectivity index (χ3n) is 6.52. The molecule has 0 radical (unpaired) electrons. The van der Waals surface area contributed by atoms with Crippen LogP contribution in [0, 0.1) is 0 Å². The summed E-state index contributed by atoms with van der Waals surface area (Å²) in [4.78, 5) is 0. The summed E-state index contributed by atoms with van der Waals surface area (Å²) in [5.74, 6) is -2.78. The normalized spacial score (nSPS) is 12.9. The van der Waals surface area contributed by atoms with Crippen molar-refractivity contribution in [2.75, 3.05) is 0 Å². The van der Waals surface area contributed by atoms with Gasteiger partial charge in [0, 0.05) is 16.2 Å². The highest BCUT2D eigenvalue weighted by Gasteiger charge is 2.49. The first-order valence-corrected chi connectivity index (χ1v) is 12.0. The molecule has 0 aliphatic rings. The van der Waals surface area contributed by atoms with Gasteiger partial charge in [0.1, 0.15) is 16.8 Å². The van der Waals surface area contributed by atoms with Gasteiger partial charge in [-0.25, -0.2) is 0 Å². The number of nitrogens with zero attached hydrogens (tertiary/aromatic N) is 2. The van der Waals surface area contributed by atoms with Gasteiger partial charge < -0.3 is 9.15 Å². The van der Waals surface area contributed by atoms with Gasteiger partial charge in [-0.15, -0.1) is 10.2 Å². The van der Waals surface area contributed by atoms with Crippen LogP contribution in [0.1, 0.15) is 16.7 Å². The Labute approximate surface area is 228 Å². The molecule has 13 heteroatoms. The fourth-order valence-electron chi connectivity index (χ4n) is 4.70. The average molecular weight is 592 g/mol. The molecular formula is C29H13F9N2O2. The summed E-state index contributed by atoms with van der Waals surface area (Å²) in [6.45, 7) is 0. The first kappa shape index (κ1) is 27.4. The Hall–Kier alpha value is -4.81. The minimum absolute atomic E-state index is 0.0791. The molecule has 0 spiro atoms. The largest absolute Gasteiger partial charge is 0.454 e. The molecule has 6 aromatic rings. The topological polar surface area (TPSA) is 48.2 Å². The van der Waals surface area contributed by atoms with Crippen LogP contribution in [-0.2, 0) is 18.5 Å². The van der Waals surface area contributed by atoms with E-state index in [1.165, 1.54) is 6.07 Å². The molecule has 0 unspecified atom stereocenters. The Balaban J connectivity index is 1.65. The zero-order valence-corrected chi connectivity index (χ0v) is 20.6. The minimum atomic E-state index is -5.88. The molecule has 0 N–H and O–H groups in total. The number of aromatic nitrogens is 2. The molecule has 0 saturated heterocycles. The van der Waals surface area contributed by atoms with Crippen molar-refractivity contribution in [1.82, 2.24) is 10.2 Å². The quantitative estimate of drug-likeness (QED) is 0.152. The maximum absolute atomic E-state index is 14.0. The van der Waals surface area contributed by atoms with E-state index in [0.29, 0.717) is 21.7 Å². The fraction of sp³-hybridized carbons (Fsp3) is 0.103. The van der Waals surface area contributed by atoms with Crippen molar-refractivity contribution in [3.05, 3.63) is 95.6 Å². The number of halogens is 9. The van der Waals surface area contributed by atoms with Gasteiger partial charge >= 0.3 is 18.5 Å². The lowest BCUT2D eigenvalue weighted by atomic mass is 10.00. The Kier molecular flexibility index (Phi) is 6.10. The molecule has 42 heavy (non-hydrogen) atoms. The van der Waals surface area contributed by atoms with E-state index in [2.05, 4.69) is 10.2 Å². The van der Waals surface area contributed by atoms with Gasteiger partial charge in [-0.2, -0.15) is 39.5 Å². The number of rotatable bonds is 3. The van der Waals surface area contributed by atoms with Crippen molar-refractivity contribution in [3.8, 4) is 23.1 Å². The summed E-state index contributed by atoms with van der Waals surface area (Å²) in [5.41, 5.74) is -6.51. The maximum Gasteiger partial charge on any atom is 0.420 e. The third kappa shape index (κ3) is 4.74. The third-order valence-corrected chi connectivity index (χ3v) is 6.52. The second kappa shape index (κ2) is 9.36. The highest BCUT2D eigenvalue weighted by molar-refractivity contribution is 6.05. The number of hydrogen-bond acceptors (Lipinski definition) is 4. The molecule has 0 saturated carbocycles. The minimum Gasteiger partial charge on any atom is -0.454 e. The summed E-state index contributed by atoms with van der Waals surface area (Å²) < 4.78 is 135. The van der Waals surface area contributed by atoms with Gasteiger partial charge in [0.15, 0.2) is 11.5 Å². The van der Waals surface area contributed by atoms with Crippen molar-refractivity contribution in [2.45, 2.75) is 18.5 Å². The molecule has 0 fully saturated rings. The van der Waals surface area contributed by atoms with Crippen molar-refractivity contribution < 1.29 is 48.7 Å². The lowest BCUT2D eigenvalue weighted by Crippen LogP contribution is -2.21. The first-order chi connectivity index (χ1) is 19.7. The van der Waals surface area contributed by atoms with E-state index < -0.39 is 46.8 Å². The molecule has 214 valence electrons. The highest BCUT2D eigenvalue weighted by atomic mass is 19.4. The predicted molar refractivity (Wildman–Crippen MR) is 134 cm³/mol. The van der Waals surface area contributed by atoms with E-state index in [-0.39, 0.29) is 34.4 Å². The van der Waals surface area contributed by atoms with Crippen molar-refractivity contribution in [3.63, 3.8) is 0 Å². The lowest BCUT2D eigenvalue weighted by molar-refractivity contribution is -0.164. The zero-order valence-electron chi connectivity index (χ0n) is 20.6. The molecule has 0 aliphatic heterocycles. The van der Waals surface area contributed by atoms with Crippen LogP contribution in [0.5, 0.6) is 11.6 Å². The van der Waals surface area contributed by atoms with E-state index in [0.717, 1.165) is 0 Å². The van der Waals surface area contributed by atoms with Crippen LogP contribution in [0.25, 0.3) is 44.0 Å². The van der Waals surface area contributed by atoms with Gasteiger partial charge in [0.05, 0.1) is 11.1 Å². The van der Waals surface area contributed by atoms with E-state index in [1.807, 2.05) is 0 Å². The molecule has 0 bridgehead atoms. The van der Waals surface area contributed by atoms with Gasteiger partial charge in [-0.05, 0) is 47.2 Å².